The summed E-state index contributed by atoms with van der Waals surface area (Å²) in [6, 6.07) is -0.726. The molecule has 0 aromatic rings. The van der Waals surface area contributed by atoms with Crippen molar-refractivity contribution in [3.8, 4) is 0 Å². The van der Waals surface area contributed by atoms with Crippen LogP contribution in [-0.2, 0) is 14.3 Å². The first-order chi connectivity index (χ1) is 9.51. The fourth-order valence-electron chi connectivity index (χ4n) is 1.52. The molecule has 0 radical (unpaired) electrons. The standard InChI is InChI=1S/C15H27NO4/c1-5-8-13(16-15(18)20-10-6-2)14(17)19-11-7-9-12(3)4/h5,12-13H,1,6-11H2,2-4H3,(H,16,18). The minimum absolute atomic E-state index is 0.324. The summed E-state index contributed by atoms with van der Waals surface area (Å²) in [6.07, 6.45) is 3.86. The number of hydrogen-bond acceptors (Lipinski definition) is 4. The molecule has 0 aromatic carbocycles. The average Bonchev–Trinajstić information content (AvgIpc) is 2.40. The molecule has 116 valence electrons. The molecular formula is C15H27NO4. The maximum atomic E-state index is 11.8. The van der Waals surface area contributed by atoms with E-state index in [1.165, 1.54) is 0 Å². The first-order valence-corrected chi connectivity index (χ1v) is 7.22. The van der Waals surface area contributed by atoms with Crippen LogP contribution in [0.5, 0.6) is 0 Å². The van der Waals surface area contributed by atoms with E-state index in [-0.39, 0.29) is 0 Å². The quantitative estimate of drug-likeness (QED) is 0.380. The summed E-state index contributed by atoms with van der Waals surface area (Å²) in [5, 5.41) is 2.50. The Morgan fingerprint density at radius 1 is 1.25 bits per heavy atom. The molecule has 0 saturated heterocycles. The third-order valence-electron chi connectivity index (χ3n) is 2.59. The summed E-state index contributed by atoms with van der Waals surface area (Å²) in [5.41, 5.74) is 0. The van der Waals surface area contributed by atoms with Gasteiger partial charge in [-0.15, -0.1) is 6.58 Å². The lowest BCUT2D eigenvalue weighted by molar-refractivity contribution is -0.146. The van der Waals surface area contributed by atoms with Crippen LogP contribution in [0.3, 0.4) is 0 Å². The zero-order chi connectivity index (χ0) is 15.4. The Bertz CT molecular complexity index is 302. The van der Waals surface area contributed by atoms with Gasteiger partial charge in [0.25, 0.3) is 0 Å². The number of nitrogens with one attached hydrogen (secondary N) is 1. The normalized spacial score (nSPS) is 11.8. The van der Waals surface area contributed by atoms with E-state index in [0.29, 0.717) is 25.6 Å². The van der Waals surface area contributed by atoms with Crippen LogP contribution in [0.1, 0.15) is 46.5 Å². The number of rotatable bonds is 10. The van der Waals surface area contributed by atoms with Gasteiger partial charge < -0.3 is 14.8 Å². The lowest BCUT2D eigenvalue weighted by Crippen LogP contribution is -2.42. The van der Waals surface area contributed by atoms with Gasteiger partial charge in [0.05, 0.1) is 13.2 Å². The minimum Gasteiger partial charge on any atom is -0.464 e. The third kappa shape index (κ3) is 9.42. The van der Waals surface area contributed by atoms with E-state index in [9.17, 15) is 9.59 Å². The van der Waals surface area contributed by atoms with Crippen LogP contribution in [0.25, 0.3) is 0 Å². The molecular weight excluding hydrogens is 258 g/mol. The number of esters is 1. The molecule has 1 N–H and O–H groups in total. The van der Waals surface area contributed by atoms with Crippen molar-refractivity contribution >= 4 is 12.1 Å². The van der Waals surface area contributed by atoms with Gasteiger partial charge in [0.15, 0.2) is 0 Å². The highest BCUT2D eigenvalue weighted by atomic mass is 16.6. The van der Waals surface area contributed by atoms with Gasteiger partial charge in [-0.3, -0.25) is 0 Å². The fourth-order valence-corrected chi connectivity index (χ4v) is 1.52. The SMILES string of the molecule is C=CCC(NC(=O)OCCC)C(=O)OCCCC(C)C. The highest BCUT2D eigenvalue weighted by Gasteiger charge is 2.21. The molecule has 0 aliphatic carbocycles. The lowest BCUT2D eigenvalue weighted by atomic mass is 10.1. The largest absolute Gasteiger partial charge is 0.464 e. The molecule has 0 aliphatic rings. The molecule has 0 heterocycles. The van der Waals surface area contributed by atoms with Crippen molar-refractivity contribution in [2.24, 2.45) is 5.92 Å². The highest BCUT2D eigenvalue weighted by Crippen LogP contribution is 2.05. The molecule has 0 aromatic heterocycles. The Balaban J connectivity index is 4.11. The van der Waals surface area contributed by atoms with Crippen LogP contribution in [0.2, 0.25) is 0 Å². The van der Waals surface area contributed by atoms with Gasteiger partial charge >= 0.3 is 12.1 Å². The van der Waals surface area contributed by atoms with Crippen molar-refractivity contribution in [2.45, 2.75) is 52.5 Å². The van der Waals surface area contributed by atoms with Crippen molar-refractivity contribution in [1.29, 1.82) is 0 Å². The van der Waals surface area contributed by atoms with Crippen LogP contribution in [0, 0.1) is 5.92 Å². The van der Waals surface area contributed by atoms with Crippen LogP contribution in [0.15, 0.2) is 12.7 Å². The second-order valence-corrected chi connectivity index (χ2v) is 5.06. The average molecular weight is 285 g/mol. The second kappa shape index (κ2) is 11.3. The summed E-state index contributed by atoms with van der Waals surface area (Å²) in [4.78, 5) is 23.3. The summed E-state index contributed by atoms with van der Waals surface area (Å²) in [6.45, 7) is 10.4. The maximum absolute atomic E-state index is 11.8. The van der Waals surface area contributed by atoms with Crippen molar-refractivity contribution < 1.29 is 19.1 Å². The van der Waals surface area contributed by atoms with E-state index in [0.717, 1.165) is 19.3 Å². The molecule has 0 spiro atoms. The molecule has 0 bridgehead atoms. The van der Waals surface area contributed by atoms with E-state index >= 15 is 0 Å². The number of amides is 1. The zero-order valence-corrected chi connectivity index (χ0v) is 12.8. The maximum Gasteiger partial charge on any atom is 0.407 e. The van der Waals surface area contributed by atoms with E-state index in [1.54, 1.807) is 6.08 Å². The van der Waals surface area contributed by atoms with E-state index < -0.39 is 18.1 Å². The number of alkyl carbamates (subject to hydrolysis) is 1. The second-order valence-electron chi connectivity index (χ2n) is 5.06. The lowest BCUT2D eigenvalue weighted by Gasteiger charge is -2.16. The van der Waals surface area contributed by atoms with Crippen LogP contribution >= 0.6 is 0 Å². The molecule has 0 saturated carbocycles. The van der Waals surface area contributed by atoms with Gasteiger partial charge in [-0.1, -0.05) is 26.8 Å². The van der Waals surface area contributed by atoms with Gasteiger partial charge in [0.1, 0.15) is 6.04 Å². The Morgan fingerprint density at radius 3 is 2.50 bits per heavy atom. The van der Waals surface area contributed by atoms with Crippen molar-refractivity contribution in [3.05, 3.63) is 12.7 Å². The fraction of sp³-hybridized carbons (Fsp3) is 0.733. The first kappa shape index (κ1) is 18.5. The number of hydrogen-bond donors (Lipinski definition) is 1. The van der Waals surface area contributed by atoms with Crippen LogP contribution in [0.4, 0.5) is 4.79 Å². The predicted octanol–water partition coefficient (Wildman–Crippen LogP) is 3.05. The third-order valence-corrected chi connectivity index (χ3v) is 2.59. The smallest absolute Gasteiger partial charge is 0.407 e. The molecule has 1 atom stereocenters. The molecule has 0 rings (SSSR count). The Kier molecular flexibility index (Phi) is 10.5. The van der Waals surface area contributed by atoms with E-state index in [2.05, 4.69) is 25.7 Å². The molecule has 1 amide bonds. The minimum atomic E-state index is -0.726. The van der Waals surface area contributed by atoms with Gasteiger partial charge in [0, 0.05) is 0 Å². The molecule has 0 fully saturated rings. The molecule has 0 aliphatic heterocycles. The van der Waals surface area contributed by atoms with Gasteiger partial charge in [-0.05, 0) is 31.6 Å². The van der Waals surface area contributed by atoms with Gasteiger partial charge in [-0.25, -0.2) is 9.59 Å². The van der Waals surface area contributed by atoms with E-state index in [4.69, 9.17) is 9.47 Å². The summed E-state index contributed by atoms with van der Waals surface area (Å²) in [5.74, 6) is 0.141. The summed E-state index contributed by atoms with van der Waals surface area (Å²) in [7, 11) is 0. The van der Waals surface area contributed by atoms with E-state index in [1.807, 2.05) is 6.92 Å². The predicted molar refractivity (Wildman–Crippen MR) is 78.4 cm³/mol. The zero-order valence-electron chi connectivity index (χ0n) is 12.8. The first-order valence-electron chi connectivity index (χ1n) is 7.22. The molecule has 5 heteroatoms. The molecule has 1 unspecified atom stereocenters. The Morgan fingerprint density at radius 2 is 1.95 bits per heavy atom. The monoisotopic (exact) mass is 285 g/mol. The summed E-state index contributed by atoms with van der Waals surface area (Å²) >= 11 is 0. The summed E-state index contributed by atoms with van der Waals surface area (Å²) < 4.78 is 10.0. The number of ether oxygens (including phenoxy) is 2. The molecule has 5 nitrogen and oxygen atoms in total. The number of carbonyl (C=O) groups excluding carboxylic acids is 2. The number of carbonyl (C=O) groups is 2. The molecule has 20 heavy (non-hydrogen) atoms. The topological polar surface area (TPSA) is 64.6 Å². The van der Waals surface area contributed by atoms with Crippen LogP contribution < -0.4 is 5.32 Å². The van der Waals surface area contributed by atoms with Crippen molar-refractivity contribution in [2.75, 3.05) is 13.2 Å². The van der Waals surface area contributed by atoms with Crippen LogP contribution in [-0.4, -0.2) is 31.3 Å². The Hall–Kier alpha value is -1.52. The van der Waals surface area contributed by atoms with Crippen molar-refractivity contribution in [3.63, 3.8) is 0 Å². The highest BCUT2D eigenvalue weighted by molar-refractivity contribution is 5.81. The van der Waals surface area contributed by atoms with Crippen molar-refractivity contribution in [1.82, 2.24) is 5.32 Å². The van der Waals surface area contributed by atoms with Gasteiger partial charge in [0.2, 0.25) is 0 Å². The van der Waals surface area contributed by atoms with Gasteiger partial charge in [-0.2, -0.15) is 0 Å². The Labute approximate surface area is 121 Å².